The second-order valence-corrected chi connectivity index (χ2v) is 11.6. The Balaban J connectivity index is 1.06. The number of benzene rings is 4. The summed E-state index contributed by atoms with van der Waals surface area (Å²) in [5.74, 6) is 1.40. The summed E-state index contributed by atoms with van der Waals surface area (Å²) in [5, 5.41) is 7.17. The summed E-state index contributed by atoms with van der Waals surface area (Å²) in [7, 11) is 1.65. The van der Waals surface area contributed by atoms with Crippen LogP contribution in [0.5, 0.6) is 11.5 Å². The predicted octanol–water partition coefficient (Wildman–Crippen LogP) is 6.25. The summed E-state index contributed by atoms with van der Waals surface area (Å²) in [6, 6.07) is 35.1. The molecule has 7 nitrogen and oxygen atoms in total. The minimum absolute atomic E-state index is 0.0216. The van der Waals surface area contributed by atoms with Crippen molar-refractivity contribution in [1.29, 1.82) is 0 Å². The number of rotatable bonds is 17. The number of carbonyl (C=O) groups is 1. The van der Waals surface area contributed by atoms with Gasteiger partial charge in [0.1, 0.15) is 0 Å². The topological polar surface area (TPSA) is 66.1 Å². The van der Waals surface area contributed by atoms with Gasteiger partial charge in [0, 0.05) is 52.1 Å². The molecular weight excluding hydrogens is 572 g/mol. The summed E-state index contributed by atoms with van der Waals surface area (Å²) in [6.45, 7) is 6.22. The number of amides is 1. The molecule has 1 aliphatic heterocycles. The molecule has 5 rings (SSSR count). The van der Waals surface area contributed by atoms with E-state index in [4.69, 9.17) is 9.47 Å². The van der Waals surface area contributed by atoms with E-state index in [-0.39, 0.29) is 5.91 Å². The maximum absolute atomic E-state index is 12.9. The number of hydrogen-bond donors (Lipinski definition) is 2. The van der Waals surface area contributed by atoms with E-state index in [0.29, 0.717) is 24.7 Å². The third-order valence-electron chi connectivity index (χ3n) is 8.19. The number of ether oxygens (including phenoxy) is 2. The zero-order valence-electron chi connectivity index (χ0n) is 26.9. The molecule has 1 amide bonds. The van der Waals surface area contributed by atoms with Gasteiger partial charge in [0.15, 0.2) is 11.5 Å². The lowest BCUT2D eigenvalue weighted by molar-refractivity contribution is -0.126. The number of methoxy groups -OCH3 is 1. The van der Waals surface area contributed by atoms with Crippen LogP contribution in [0.1, 0.15) is 40.7 Å². The Morgan fingerprint density at radius 2 is 1.46 bits per heavy atom. The van der Waals surface area contributed by atoms with Crippen molar-refractivity contribution < 1.29 is 14.3 Å². The molecule has 0 atom stereocenters. The van der Waals surface area contributed by atoms with Crippen LogP contribution in [0.4, 0.5) is 0 Å². The van der Waals surface area contributed by atoms with E-state index in [9.17, 15) is 4.79 Å². The molecule has 0 saturated heterocycles. The van der Waals surface area contributed by atoms with E-state index in [0.717, 1.165) is 64.3 Å². The number of nitrogens with one attached hydrogen (secondary N) is 2. The lowest BCUT2D eigenvalue weighted by atomic mass is 10.00. The van der Waals surface area contributed by atoms with Gasteiger partial charge in [-0.3, -0.25) is 9.69 Å². The van der Waals surface area contributed by atoms with Gasteiger partial charge in [-0.1, -0.05) is 91.0 Å². The van der Waals surface area contributed by atoms with Crippen molar-refractivity contribution in [2.24, 2.45) is 0 Å². The van der Waals surface area contributed by atoms with Gasteiger partial charge in [-0.2, -0.15) is 0 Å². The Kier molecular flexibility index (Phi) is 12.8. The zero-order valence-corrected chi connectivity index (χ0v) is 26.9. The highest BCUT2D eigenvalue weighted by Crippen LogP contribution is 2.29. The third-order valence-corrected chi connectivity index (χ3v) is 8.19. The average Bonchev–Trinajstić information content (AvgIpc) is 3.11. The van der Waals surface area contributed by atoms with Crippen molar-refractivity contribution in [2.45, 2.75) is 38.9 Å². The molecule has 0 spiro atoms. The molecule has 0 aliphatic carbocycles. The fourth-order valence-electron chi connectivity index (χ4n) is 5.61. The third kappa shape index (κ3) is 10.3. The Morgan fingerprint density at radius 3 is 2.13 bits per heavy atom. The summed E-state index contributed by atoms with van der Waals surface area (Å²) >= 11 is 0. The van der Waals surface area contributed by atoms with Crippen molar-refractivity contribution >= 4 is 12.0 Å². The predicted molar refractivity (Wildman–Crippen MR) is 185 cm³/mol. The van der Waals surface area contributed by atoms with Crippen LogP contribution in [0, 0.1) is 0 Å². The highest BCUT2D eigenvalue weighted by Gasteiger charge is 2.18. The molecule has 0 bridgehead atoms. The van der Waals surface area contributed by atoms with Gasteiger partial charge >= 0.3 is 0 Å². The van der Waals surface area contributed by atoms with Crippen LogP contribution >= 0.6 is 0 Å². The van der Waals surface area contributed by atoms with Crippen molar-refractivity contribution in [1.82, 2.24) is 20.4 Å². The highest BCUT2D eigenvalue weighted by molar-refractivity contribution is 5.92. The van der Waals surface area contributed by atoms with Crippen molar-refractivity contribution in [3.63, 3.8) is 0 Å². The fourth-order valence-corrected chi connectivity index (χ4v) is 5.61. The van der Waals surface area contributed by atoms with Crippen LogP contribution < -0.4 is 20.1 Å². The van der Waals surface area contributed by atoms with Gasteiger partial charge in [0.05, 0.1) is 13.7 Å². The number of unbranched alkanes of at least 4 members (excludes halogenated alkanes) is 1. The Morgan fingerprint density at radius 1 is 0.804 bits per heavy atom. The highest BCUT2D eigenvalue weighted by atomic mass is 16.5. The lowest BCUT2D eigenvalue weighted by Crippen LogP contribution is -2.40. The summed E-state index contributed by atoms with van der Waals surface area (Å²) < 4.78 is 11.7. The van der Waals surface area contributed by atoms with Gasteiger partial charge in [-0.05, 0) is 65.3 Å². The summed E-state index contributed by atoms with van der Waals surface area (Å²) in [6.07, 6.45) is 6.32. The monoisotopic (exact) mass is 618 g/mol. The molecule has 4 aromatic rings. The number of hydrogen-bond acceptors (Lipinski definition) is 6. The van der Waals surface area contributed by atoms with E-state index < -0.39 is 0 Å². The van der Waals surface area contributed by atoms with E-state index in [1.165, 1.54) is 22.3 Å². The van der Waals surface area contributed by atoms with Crippen LogP contribution in [0.2, 0.25) is 0 Å². The first-order valence-corrected chi connectivity index (χ1v) is 16.2. The summed E-state index contributed by atoms with van der Waals surface area (Å²) in [4.78, 5) is 17.2. The molecule has 0 radical (unpaired) electrons. The second-order valence-electron chi connectivity index (χ2n) is 11.6. The standard InChI is InChI=1S/C39H46N4O3/c1-45-38-26-32(19-21-39(44)43-24-22-35-16-8-9-17-36(35)29-43)18-20-37(38)46-25-11-10-23-42(30-40-27-33-12-4-2-5-13-33)31-41-28-34-14-6-3-7-15-34/h2-9,12-21,26,40-41H,10-11,22-25,27-31H2,1H3/b21-19+. The molecule has 0 saturated carbocycles. The zero-order chi connectivity index (χ0) is 31.8. The Bertz CT molecular complexity index is 1480. The Hall–Kier alpha value is -4.43. The quantitative estimate of drug-likeness (QED) is 0.0829. The van der Waals surface area contributed by atoms with Crippen LogP contribution in [0.15, 0.2) is 109 Å². The molecule has 1 heterocycles. The number of nitrogens with zero attached hydrogens (tertiary/aromatic N) is 2. The van der Waals surface area contributed by atoms with Crippen LogP contribution in [-0.4, -0.2) is 55.9 Å². The van der Waals surface area contributed by atoms with E-state index >= 15 is 0 Å². The van der Waals surface area contributed by atoms with E-state index in [1.807, 2.05) is 47.4 Å². The van der Waals surface area contributed by atoms with Crippen LogP contribution in [0.3, 0.4) is 0 Å². The second kappa shape index (κ2) is 17.9. The van der Waals surface area contributed by atoms with Gasteiger partial charge in [-0.25, -0.2) is 0 Å². The van der Waals surface area contributed by atoms with E-state index in [1.54, 1.807) is 13.2 Å². The maximum atomic E-state index is 12.9. The first kappa shape index (κ1) is 32.9. The van der Waals surface area contributed by atoms with Gasteiger partial charge < -0.3 is 25.0 Å². The molecule has 2 N–H and O–H groups in total. The van der Waals surface area contributed by atoms with Crippen LogP contribution in [-0.2, 0) is 30.8 Å². The van der Waals surface area contributed by atoms with Gasteiger partial charge in [0.25, 0.3) is 0 Å². The summed E-state index contributed by atoms with van der Waals surface area (Å²) in [5.41, 5.74) is 6.02. The van der Waals surface area contributed by atoms with Gasteiger partial charge in [-0.15, -0.1) is 0 Å². The largest absolute Gasteiger partial charge is 0.493 e. The van der Waals surface area contributed by atoms with E-state index in [2.05, 4.69) is 82.3 Å². The first-order valence-electron chi connectivity index (χ1n) is 16.2. The molecule has 0 fully saturated rings. The molecule has 0 aromatic heterocycles. The molecular formula is C39H46N4O3. The average molecular weight is 619 g/mol. The molecule has 4 aromatic carbocycles. The number of fused-ring (bicyclic) bond motifs is 1. The lowest BCUT2D eigenvalue weighted by Gasteiger charge is -2.27. The van der Waals surface area contributed by atoms with Crippen molar-refractivity contribution in [3.05, 3.63) is 137 Å². The minimum atomic E-state index is 0.0216. The molecule has 7 heteroatoms. The minimum Gasteiger partial charge on any atom is -0.493 e. The molecule has 1 aliphatic rings. The molecule has 0 unspecified atom stereocenters. The first-order chi connectivity index (χ1) is 22.7. The smallest absolute Gasteiger partial charge is 0.246 e. The maximum Gasteiger partial charge on any atom is 0.246 e. The molecule has 46 heavy (non-hydrogen) atoms. The van der Waals surface area contributed by atoms with Crippen LogP contribution in [0.25, 0.3) is 6.08 Å². The normalized spacial score (nSPS) is 12.8. The van der Waals surface area contributed by atoms with Crippen molar-refractivity contribution in [2.75, 3.05) is 40.1 Å². The fraction of sp³-hybridized carbons (Fsp3) is 0.308. The molecule has 240 valence electrons. The van der Waals surface area contributed by atoms with Gasteiger partial charge in [0.2, 0.25) is 5.91 Å². The number of carbonyl (C=O) groups excluding carboxylic acids is 1. The Labute approximate surface area is 273 Å². The van der Waals surface area contributed by atoms with Crippen molar-refractivity contribution in [3.8, 4) is 11.5 Å². The SMILES string of the molecule is COc1cc(/C=C/C(=O)N2CCc3ccccc3C2)ccc1OCCCCN(CNCc1ccccc1)CNCc1ccccc1.